The number of para-hydroxylation sites is 1. The minimum Gasteiger partial charge on any atom is -0.274 e. The van der Waals surface area contributed by atoms with Gasteiger partial charge in [0.25, 0.3) is 15.2 Å². The molecule has 0 aliphatic rings. The first kappa shape index (κ1) is 16.5. The molecule has 0 unspecified atom stereocenters. The van der Waals surface area contributed by atoms with Crippen molar-refractivity contribution < 1.29 is 8.42 Å². The molecule has 120 valence electrons. The molecule has 0 fully saturated rings. The second-order valence-electron chi connectivity index (χ2n) is 4.21. The van der Waals surface area contributed by atoms with Crippen LogP contribution in [-0.4, -0.2) is 28.0 Å². The van der Waals surface area contributed by atoms with Crippen molar-refractivity contribution in [2.75, 3.05) is 4.72 Å². The fourth-order valence-corrected chi connectivity index (χ4v) is 3.57. The van der Waals surface area contributed by atoms with E-state index < -0.39 is 15.2 Å². The summed E-state index contributed by atoms with van der Waals surface area (Å²) in [5.74, 6) is 0. The smallest absolute Gasteiger partial charge is 0.274 e. The third-order valence-electron chi connectivity index (χ3n) is 2.71. The number of halogens is 4. The first-order valence-corrected chi connectivity index (χ1v) is 8.82. The number of nitrogens with zero attached hydrogens (tertiary/aromatic N) is 4. The van der Waals surface area contributed by atoms with Crippen LogP contribution >= 0.6 is 46.4 Å². The number of anilines is 1. The summed E-state index contributed by atoms with van der Waals surface area (Å²) in [6.07, 6.45) is 1.19. The standard InChI is InChI=1S/C11H5Cl4N5O2S/c12-5-2-1-3-6(13)8(5)19-23(21,22)11-17-10-7(14)9(15)16-4-20(10)18-11/h1-4,19H. The molecule has 12 heteroatoms. The van der Waals surface area contributed by atoms with Crippen molar-refractivity contribution in [1.82, 2.24) is 19.6 Å². The Morgan fingerprint density at radius 3 is 2.39 bits per heavy atom. The minimum atomic E-state index is -4.14. The summed E-state index contributed by atoms with van der Waals surface area (Å²) in [4.78, 5) is 7.61. The van der Waals surface area contributed by atoms with Crippen LogP contribution in [0.15, 0.2) is 29.7 Å². The predicted molar refractivity (Wildman–Crippen MR) is 88.1 cm³/mol. The summed E-state index contributed by atoms with van der Waals surface area (Å²) in [6.45, 7) is 0. The van der Waals surface area contributed by atoms with Gasteiger partial charge in [-0.05, 0) is 12.1 Å². The van der Waals surface area contributed by atoms with Gasteiger partial charge in [0.2, 0.25) is 0 Å². The fraction of sp³-hybridized carbons (Fsp3) is 0. The highest BCUT2D eigenvalue weighted by Gasteiger charge is 2.24. The van der Waals surface area contributed by atoms with Crippen molar-refractivity contribution in [3.8, 4) is 0 Å². The van der Waals surface area contributed by atoms with E-state index in [0.29, 0.717) is 0 Å². The number of hydrogen-bond donors (Lipinski definition) is 1. The zero-order chi connectivity index (χ0) is 16.8. The molecule has 2 heterocycles. The molecule has 0 atom stereocenters. The first-order chi connectivity index (χ1) is 10.8. The van der Waals surface area contributed by atoms with Crippen LogP contribution < -0.4 is 4.72 Å². The summed E-state index contributed by atoms with van der Waals surface area (Å²) in [5.41, 5.74) is 0.0780. The zero-order valence-corrected chi connectivity index (χ0v) is 14.7. The molecular weight excluding hydrogens is 408 g/mol. The van der Waals surface area contributed by atoms with E-state index in [0.717, 1.165) is 4.52 Å². The lowest BCUT2D eigenvalue weighted by atomic mass is 10.3. The molecule has 1 N–H and O–H groups in total. The molecule has 0 amide bonds. The number of hydrogen-bond acceptors (Lipinski definition) is 5. The molecular formula is C11H5Cl4N5O2S. The van der Waals surface area contributed by atoms with Gasteiger partial charge < -0.3 is 0 Å². The van der Waals surface area contributed by atoms with Crippen LogP contribution in [0.3, 0.4) is 0 Å². The Labute approximate surface area is 150 Å². The normalized spacial score (nSPS) is 11.8. The maximum atomic E-state index is 12.4. The van der Waals surface area contributed by atoms with Crippen molar-refractivity contribution in [1.29, 1.82) is 0 Å². The van der Waals surface area contributed by atoms with Crippen LogP contribution in [0.5, 0.6) is 0 Å². The molecule has 2 aromatic heterocycles. The molecule has 0 saturated carbocycles. The predicted octanol–water partition coefficient (Wildman–Crippen LogP) is 3.54. The number of benzene rings is 1. The summed E-state index contributed by atoms with van der Waals surface area (Å²) in [7, 11) is -4.14. The molecule has 7 nitrogen and oxygen atoms in total. The lowest BCUT2D eigenvalue weighted by Crippen LogP contribution is -2.15. The van der Waals surface area contributed by atoms with Crippen molar-refractivity contribution in [2.24, 2.45) is 0 Å². The number of sulfonamides is 1. The summed E-state index contributed by atoms with van der Waals surface area (Å²) < 4.78 is 28.2. The Balaban J connectivity index is 2.08. The van der Waals surface area contributed by atoms with E-state index >= 15 is 0 Å². The van der Waals surface area contributed by atoms with E-state index in [1.54, 1.807) is 6.07 Å². The lowest BCUT2D eigenvalue weighted by Gasteiger charge is -2.08. The zero-order valence-electron chi connectivity index (χ0n) is 10.8. The second-order valence-corrected chi connectivity index (χ2v) is 7.34. The number of rotatable bonds is 3. The van der Waals surface area contributed by atoms with Gasteiger partial charge in [0.05, 0.1) is 15.7 Å². The maximum absolute atomic E-state index is 12.4. The van der Waals surface area contributed by atoms with Gasteiger partial charge in [-0.1, -0.05) is 52.5 Å². The van der Waals surface area contributed by atoms with E-state index in [-0.39, 0.29) is 31.6 Å². The van der Waals surface area contributed by atoms with E-state index in [9.17, 15) is 8.42 Å². The van der Waals surface area contributed by atoms with E-state index in [4.69, 9.17) is 46.4 Å². The Morgan fingerprint density at radius 2 is 1.74 bits per heavy atom. The van der Waals surface area contributed by atoms with Crippen LogP contribution in [0.25, 0.3) is 5.65 Å². The maximum Gasteiger partial charge on any atom is 0.299 e. The van der Waals surface area contributed by atoms with Crippen molar-refractivity contribution in [2.45, 2.75) is 5.16 Å². The Morgan fingerprint density at radius 1 is 1.09 bits per heavy atom. The van der Waals surface area contributed by atoms with Gasteiger partial charge in [0.1, 0.15) is 11.3 Å². The topological polar surface area (TPSA) is 89.2 Å². The van der Waals surface area contributed by atoms with Gasteiger partial charge >= 0.3 is 0 Å². The SMILES string of the molecule is O=S(=O)(Nc1c(Cl)cccc1Cl)c1nc2c(Cl)c(Cl)ncn2n1. The fourth-order valence-electron chi connectivity index (χ4n) is 1.68. The first-order valence-electron chi connectivity index (χ1n) is 5.83. The van der Waals surface area contributed by atoms with Gasteiger partial charge in [-0.3, -0.25) is 4.72 Å². The summed E-state index contributed by atoms with van der Waals surface area (Å²) >= 11 is 23.6. The minimum absolute atomic E-state index is 0.0149. The highest BCUT2D eigenvalue weighted by molar-refractivity contribution is 7.92. The molecule has 0 bridgehead atoms. The molecule has 1 aromatic carbocycles. The van der Waals surface area contributed by atoms with Gasteiger partial charge in [0, 0.05) is 0 Å². The molecule has 0 spiro atoms. The van der Waals surface area contributed by atoms with Crippen LogP contribution in [0.4, 0.5) is 5.69 Å². The highest BCUT2D eigenvalue weighted by Crippen LogP contribution is 2.31. The third-order valence-corrected chi connectivity index (χ3v) is 5.20. The molecule has 0 aliphatic heterocycles. The monoisotopic (exact) mass is 411 g/mol. The van der Waals surface area contributed by atoms with E-state index in [1.165, 1.54) is 18.5 Å². The Kier molecular flexibility index (Phi) is 4.28. The average molecular weight is 413 g/mol. The van der Waals surface area contributed by atoms with Gasteiger partial charge in [-0.2, -0.15) is 17.9 Å². The molecule has 0 aliphatic carbocycles. The Hall–Kier alpha value is -1.32. The number of fused-ring (bicyclic) bond motifs is 1. The van der Waals surface area contributed by atoms with Gasteiger partial charge in [-0.15, -0.1) is 5.10 Å². The van der Waals surface area contributed by atoms with Crippen molar-refractivity contribution >= 4 is 67.8 Å². The molecule has 23 heavy (non-hydrogen) atoms. The molecule has 0 radical (unpaired) electrons. The van der Waals surface area contributed by atoms with E-state index in [1.807, 2.05) is 0 Å². The molecule has 0 saturated heterocycles. The number of nitrogens with one attached hydrogen (secondary N) is 1. The molecule has 3 aromatic rings. The Bertz CT molecular complexity index is 1000. The highest BCUT2D eigenvalue weighted by atomic mass is 35.5. The van der Waals surface area contributed by atoms with Crippen LogP contribution in [0.1, 0.15) is 0 Å². The second kappa shape index (κ2) is 5.95. The quantitative estimate of drug-likeness (QED) is 0.664. The van der Waals surface area contributed by atoms with Crippen LogP contribution in [0, 0.1) is 0 Å². The van der Waals surface area contributed by atoms with Crippen LogP contribution in [-0.2, 0) is 10.0 Å². The molecule has 3 rings (SSSR count). The summed E-state index contributed by atoms with van der Waals surface area (Å²) in [6, 6.07) is 4.56. The van der Waals surface area contributed by atoms with E-state index in [2.05, 4.69) is 19.8 Å². The van der Waals surface area contributed by atoms with Gasteiger partial charge in [0.15, 0.2) is 10.8 Å². The third kappa shape index (κ3) is 3.05. The van der Waals surface area contributed by atoms with Crippen molar-refractivity contribution in [3.63, 3.8) is 0 Å². The number of aromatic nitrogens is 4. The largest absolute Gasteiger partial charge is 0.299 e. The van der Waals surface area contributed by atoms with Crippen LogP contribution in [0.2, 0.25) is 20.2 Å². The van der Waals surface area contributed by atoms with Crippen molar-refractivity contribution in [3.05, 3.63) is 44.7 Å². The summed E-state index contributed by atoms with van der Waals surface area (Å²) in [5, 5.41) is 3.51. The average Bonchev–Trinajstić information content (AvgIpc) is 2.93. The van der Waals surface area contributed by atoms with Gasteiger partial charge in [-0.25, -0.2) is 4.98 Å². The lowest BCUT2D eigenvalue weighted by molar-refractivity contribution is 0.592.